The van der Waals surface area contributed by atoms with Gasteiger partial charge in [-0.05, 0) is 45.0 Å². The van der Waals surface area contributed by atoms with E-state index in [0.717, 1.165) is 5.57 Å². The van der Waals surface area contributed by atoms with Gasteiger partial charge >= 0.3 is 5.97 Å². The van der Waals surface area contributed by atoms with Gasteiger partial charge in [-0.3, -0.25) is 0 Å². The lowest BCUT2D eigenvalue weighted by Gasteiger charge is -2.25. The minimum absolute atomic E-state index is 0.128. The predicted molar refractivity (Wildman–Crippen MR) is 67.0 cm³/mol. The molecular formula is C14H18O3. The highest BCUT2D eigenvalue weighted by Gasteiger charge is 2.23. The number of aromatic hydroxyl groups is 1. The lowest BCUT2D eigenvalue weighted by Crippen LogP contribution is -2.28. The Kier molecular flexibility index (Phi) is 3.94. The first-order chi connectivity index (χ1) is 7.80. The second kappa shape index (κ2) is 5.04. The van der Waals surface area contributed by atoms with Crippen LogP contribution >= 0.6 is 0 Å². The van der Waals surface area contributed by atoms with Crippen LogP contribution in [0, 0.1) is 0 Å². The van der Waals surface area contributed by atoms with Crippen LogP contribution in [0.5, 0.6) is 5.75 Å². The van der Waals surface area contributed by atoms with E-state index in [2.05, 4.69) is 6.58 Å². The highest BCUT2D eigenvalue weighted by molar-refractivity contribution is 5.89. The fraction of sp³-hybridized carbons (Fsp3) is 0.357. The van der Waals surface area contributed by atoms with Gasteiger partial charge in [0.1, 0.15) is 11.4 Å². The van der Waals surface area contributed by atoms with Gasteiger partial charge in [0, 0.05) is 6.42 Å². The number of hydrogen-bond acceptors (Lipinski definition) is 3. The molecule has 0 unspecified atom stereocenters. The summed E-state index contributed by atoms with van der Waals surface area (Å²) >= 11 is 0. The zero-order valence-electron chi connectivity index (χ0n) is 10.5. The maximum Gasteiger partial charge on any atom is 0.338 e. The Morgan fingerprint density at radius 1 is 1.35 bits per heavy atom. The van der Waals surface area contributed by atoms with E-state index in [1.54, 1.807) is 0 Å². The molecule has 0 spiro atoms. The molecule has 3 nitrogen and oxygen atoms in total. The molecule has 92 valence electrons. The summed E-state index contributed by atoms with van der Waals surface area (Å²) in [7, 11) is 0. The van der Waals surface area contributed by atoms with Crippen LogP contribution in [-0.2, 0) is 4.74 Å². The zero-order valence-corrected chi connectivity index (χ0v) is 10.5. The van der Waals surface area contributed by atoms with Crippen molar-refractivity contribution >= 4 is 5.97 Å². The van der Waals surface area contributed by atoms with E-state index in [9.17, 15) is 4.79 Å². The first kappa shape index (κ1) is 13.3. The first-order valence-corrected chi connectivity index (χ1v) is 5.47. The normalized spacial score (nSPS) is 11.0. The molecule has 0 aliphatic heterocycles. The van der Waals surface area contributed by atoms with Crippen molar-refractivity contribution in [2.24, 2.45) is 0 Å². The van der Waals surface area contributed by atoms with Crippen molar-refractivity contribution in [3.63, 3.8) is 0 Å². The molecule has 1 aromatic rings. The summed E-state index contributed by atoms with van der Waals surface area (Å²) in [5, 5.41) is 9.13. The standard InChI is InChI=1S/C14H18O3/c1-10(2)9-14(3,4)17-13(16)11-5-7-12(15)8-6-11/h5-8,15H,1,9H2,2-4H3. The number of benzene rings is 1. The molecule has 17 heavy (non-hydrogen) atoms. The number of rotatable bonds is 4. The molecule has 0 atom stereocenters. The van der Waals surface area contributed by atoms with E-state index in [4.69, 9.17) is 9.84 Å². The van der Waals surface area contributed by atoms with Gasteiger partial charge in [-0.25, -0.2) is 4.79 Å². The molecule has 0 aromatic heterocycles. The summed E-state index contributed by atoms with van der Waals surface area (Å²) in [4.78, 5) is 11.8. The van der Waals surface area contributed by atoms with Crippen LogP contribution in [0.25, 0.3) is 0 Å². The smallest absolute Gasteiger partial charge is 0.338 e. The third-order valence-corrected chi connectivity index (χ3v) is 2.20. The average Bonchev–Trinajstić information content (AvgIpc) is 2.15. The van der Waals surface area contributed by atoms with E-state index in [-0.39, 0.29) is 5.75 Å². The monoisotopic (exact) mass is 234 g/mol. The van der Waals surface area contributed by atoms with E-state index in [1.165, 1.54) is 24.3 Å². The molecule has 0 aliphatic carbocycles. The number of phenolic OH excluding ortho intramolecular Hbond substituents is 1. The molecule has 0 bridgehead atoms. The third kappa shape index (κ3) is 4.31. The molecule has 0 saturated heterocycles. The predicted octanol–water partition coefficient (Wildman–Crippen LogP) is 3.29. The van der Waals surface area contributed by atoms with Crippen LogP contribution in [-0.4, -0.2) is 16.7 Å². The summed E-state index contributed by atoms with van der Waals surface area (Å²) in [6.07, 6.45) is 0.622. The fourth-order valence-corrected chi connectivity index (χ4v) is 1.67. The Bertz CT molecular complexity index is 416. The summed E-state index contributed by atoms with van der Waals surface area (Å²) in [5.41, 5.74) is 0.826. The van der Waals surface area contributed by atoms with E-state index < -0.39 is 11.6 Å². The molecule has 1 aromatic carbocycles. The highest BCUT2D eigenvalue weighted by atomic mass is 16.6. The number of hydrogen-bond donors (Lipinski definition) is 1. The van der Waals surface area contributed by atoms with Crippen molar-refractivity contribution in [2.75, 3.05) is 0 Å². The number of ether oxygens (including phenoxy) is 1. The molecule has 1 rings (SSSR count). The molecule has 0 radical (unpaired) electrons. The van der Waals surface area contributed by atoms with Gasteiger partial charge in [0.25, 0.3) is 0 Å². The highest BCUT2D eigenvalue weighted by Crippen LogP contribution is 2.21. The fourth-order valence-electron chi connectivity index (χ4n) is 1.67. The van der Waals surface area contributed by atoms with Crippen LogP contribution in [0.15, 0.2) is 36.4 Å². The van der Waals surface area contributed by atoms with Gasteiger partial charge in [0.2, 0.25) is 0 Å². The molecule has 1 N–H and O–H groups in total. The molecule has 0 aliphatic rings. The number of carbonyl (C=O) groups excluding carboxylic acids is 1. The van der Waals surface area contributed by atoms with Crippen molar-refractivity contribution < 1.29 is 14.6 Å². The number of carbonyl (C=O) groups is 1. The quantitative estimate of drug-likeness (QED) is 0.642. The Morgan fingerprint density at radius 2 is 1.88 bits per heavy atom. The average molecular weight is 234 g/mol. The summed E-state index contributed by atoms with van der Waals surface area (Å²) in [6.45, 7) is 9.40. The van der Waals surface area contributed by atoms with Gasteiger partial charge < -0.3 is 9.84 Å². The van der Waals surface area contributed by atoms with Gasteiger partial charge in [-0.2, -0.15) is 0 Å². The maximum absolute atomic E-state index is 11.8. The lowest BCUT2D eigenvalue weighted by molar-refractivity contribution is -0.000550. The van der Waals surface area contributed by atoms with Crippen LogP contribution in [0.3, 0.4) is 0 Å². The molecule has 0 fully saturated rings. The van der Waals surface area contributed by atoms with Crippen molar-refractivity contribution in [3.8, 4) is 5.75 Å². The van der Waals surface area contributed by atoms with Gasteiger partial charge in [-0.1, -0.05) is 12.2 Å². The van der Waals surface area contributed by atoms with E-state index in [0.29, 0.717) is 12.0 Å². The van der Waals surface area contributed by atoms with E-state index >= 15 is 0 Å². The number of phenols is 1. The van der Waals surface area contributed by atoms with Crippen LogP contribution in [0.2, 0.25) is 0 Å². The molecular weight excluding hydrogens is 216 g/mol. The van der Waals surface area contributed by atoms with Crippen molar-refractivity contribution in [1.82, 2.24) is 0 Å². The number of esters is 1. The van der Waals surface area contributed by atoms with Crippen molar-refractivity contribution in [2.45, 2.75) is 32.8 Å². The van der Waals surface area contributed by atoms with Gasteiger partial charge in [-0.15, -0.1) is 0 Å². The van der Waals surface area contributed by atoms with Gasteiger partial charge in [0.15, 0.2) is 0 Å². The Balaban J connectivity index is 2.72. The molecule has 0 saturated carbocycles. The SMILES string of the molecule is C=C(C)CC(C)(C)OC(=O)c1ccc(O)cc1. The summed E-state index contributed by atoms with van der Waals surface area (Å²) in [5.74, 6) is -0.265. The topological polar surface area (TPSA) is 46.5 Å². The summed E-state index contributed by atoms with van der Waals surface area (Å²) in [6, 6.07) is 5.99. The lowest BCUT2D eigenvalue weighted by atomic mass is 10.0. The minimum Gasteiger partial charge on any atom is -0.508 e. The van der Waals surface area contributed by atoms with Crippen molar-refractivity contribution in [3.05, 3.63) is 42.0 Å². The second-order valence-corrected chi connectivity index (χ2v) is 4.83. The molecule has 0 heterocycles. The first-order valence-electron chi connectivity index (χ1n) is 5.47. The Labute approximate surface area is 102 Å². The van der Waals surface area contributed by atoms with Gasteiger partial charge in [0.05, 0.1) is 5.56 Å². The Hall–Kier alpha value is -1.77. The molecule has 3 heteroatoms. The van der Waals surface area contributed by atoms with Crippen molar-refractivity contribution in [1.29, 1.82) is 0 Å². The Morgan fingerprint density at radius 3 is 2.35 bits per heavy atom. The third-order valence-electron chi connectivity index (χ3n) is 2.20. The summed E-state index contributed by atoms with van der Waals surface area (Å²) < 4.78 is 5.39. The second-order valence-electron chi connectivity index (χ2n) is 4.83. The largest absolute Gasteiger partial charge is 0.508 e. The molecule has 0 amide bonds. The van der Waals surface area contributed by atoms with E-state index in [1.807, 2.05) is 20.8 Å². The van der Waals surface area contributed by atoms with Crippen LogP contribution < -0.4 is 0 Å². The van der Waals surface area contributed by atoms with Crippen LogP contribution in [0.1, 0.15) is 37.6 Å². The minimum atomic E-state index is -0.569. The zero-order chi connectivity index (χ0) is 13.1. The van der Waals surface area contributed by atoms with Crippen LogP contribution in [0.4, 0.5) is 0 Å². The maximum atomic E-state index is 11.8.